The van der Waals surface area contributed by atoms with Gasteiger partial charge in [0.15, 0.2) is 0 Å². The van der Waals surface area contributed by atoms with Crippen molar-refractivity contribution in [2.45, 2.75) is 61.9 Å². The Bertz CT molecular complexity index is 2250. The maximum absolute atomic E-state index is 14.2. The number of alkyl carbamates (subject to hydrolysis) is 2. The molecule has 2 aromatic heterocycles. The number of likely N-dealkylation sites (tertiary alicyclic amines) is 2. The molecule has 4 aliphatic carbocycles. The predicted octanol–water partition coefficient (Wildman–Crippen LogP) is 4.69. The van der Waals surface area contributed by atoms with E-state index in [-0.39, 0.29) is 47.8 Å². The highest BCUT2D eigenvalue weighted by atomic mass is 16.5. The largest absolute Gasteiger partial charge is 0.453 e. The number of benzene rings is 2. The molecular weight excluding hydrogens is 793 g/mol. The van der Waals surface area contributed by atoms with Gasteiger partial charge in [0.05, 0.1) is 76.5 Å². The zero-order valence-corrected chi connectivity index (χ0v) is 34.6. The second kappa shape index (κ2) is 14.4. The standard InChI is InChI=1S/C46H50N8O8/c1-59-45(57)51-39(37-27-17-61-18-28(27)37)43(55)53-33-11-25(33)13-35(53)41-47-15-31(49-41)23-7-3-21(4-8-23)22-5-9-24(10-6-22)32-16-48-42(50-32)36-14-26-12-34(26)54(36)44(56)40(52-46(58)60-2)38-29-19-62-20-30(29)38/h3-10,15-16,25-30,33-40H,11-14,17-20H2,1-2H3,(H,47,49)(H,48,50)(H,51,57)(H,52,58)/t25-,26-,27-,28+,29-,30+,33-,34-,35+,36+,37?,38?,39?,40?/m1/s1. The van der Waals surface area contributed by atoms with Crippen LogP contribution in [0.2, 0.25) is 0 Å². The zero-order chi connectivity index (χ0) is 42.0. The van der Waals surface area contributed by atoms with Gasteiger partial charge in [-0.05, 0) is 95.3 Å². The van der Waals surface area contributed by atoms with Crippen molar-refractivity contribution in [1.82, 2.24) is 40.4 Å². The first-order valence-electron chi connectivity index (χ1n) is 22.1. The predicted molar refractivity (Wildman–Crippen MR) is 220 cm³/mol. The van der Waals surface area contributed by atoms with E-state index >= 15 is 0 Å². The molecule has 0 radical (unpaired) electrons. The van der Waals surface area contributed by atoms with Crippen molar-refractivity contribution in [3.63, 3.8) is 0 Å². The second-order valence-electron chi connectivity index (χ2n) is 18.8. The molecule has 8 fully saturated rings. The summed E-state index contributed by atoms with van der Waals surface area (Å²) in [5.74, 6) is 3.58. The molecule has 6 heterocycles. The number of methoxy groups -OCH3 is 2. The number of aromatic amines is 2. The Labute approximate surface area is 357 Å². The number of fused-ring (bicyclic) bond motifs is 4. The van der Waals surface area contributed by atoms with E-state index in [4.69, 9.17) is 28.9 Å². The number of nitrogens with one attached hydrogen (secondary N) is 4. The van der Waals surface area contributed by atoms with Crippen LogP contribution in [0.3, 0.4) is 0 Å². The van der Waals surface area contributed by atoms with E-state index < -0.39 is 24.3 Å². The van der Waals surface area contributed by atoms with Gasteiger partial charge in [0.2, 0.25) is 11.8 Å². The SMILES string of the molecule is COC(=O)NC(C(=O)N1[C@@H]2C[C@@H]2C[C@H]1c1ncc(-c2ccc(-c3ccc(-c4cnc([C@@H]5C[C@H]6C[C@H]6N5C(=O)C(NC(=O)OC)C5[C@H]6COC[C@@H]56)[nH]4)cc3)cc2)[nH]1)C1[C@H]2COC[C@@H]12. The monoisotopic (exact) mass is 842 g/mol. The van der Waals surface area contributed by atoms with Crippen LogP contribution in [0, 0.1) is 47.3 Å². The molecule has 4 N–H and O–H groups in total. The smallest absolute Gasteiger partial charge is 0.407 e. The summed E-state index contributed by atoms with van der Waals surface area (Å²) in [5, 5.41) is 5.75. The van der Waals surface area contributed by atoms with Gasteiger partial charge in [-0.2, -0.15) is 0 Å². The Morgan fingerprint density at radius 3 is 1.34 bits per heavy atom. The molecule has 4 amide bonds. The van der Waals surface area contributed by atoms with E-state index in [2.05, 4.69) is 69.1 Å². The van der Waals surface area contributed by atoms with Crippen molar-refractivity contribution in [1.29, 1.82) is 0 Å². The number of H-pyrrole nitrogens is 2. The molecule has 2 aromatic carbocycles. The second-order valence-corrected chi connectivity index (χ2v) is 18.8. The minimum absolute atomic E-state index is 0.0545. The van der Waals surface area contributed by atoms with Crippen molar-refractivity contribution < 1.29 is 38.1 Å². The van der Waals surface area contributed by atoms with Crippen LogP contribution in [-0.4, -0.2) is 119 Å². The quantitative estimate of drug-likeness (QED) is 0.165. The number of imidazole rings is 2. The van der Waals surface area contributed by atoms with E-state index in [1.165, 1.54) is 14.2 Å². The molecule has 16 nitrogen and oxygen atoms in total. The first-order valence-corrected chi connectivity index (χ1v) is 22.1. The lowest BCUT2D eigenvalue weighted by atomic mass is 10.0. The van der Waals surface area contributed by atoms with Gasteiger partial charge in [0.25, 0.3) is 0 Å². The van der Waals surface area contributed by atoms with E-state index in [1.807, 2.05) is 22.2 Å². The molecule has 4 saturated carbocycles. The van der Waals surface area contributed by atoms with Gasteiger partial charge in [-0.25, -0.2) is 19.6 Å². The fraction of sp³-hybridized carbons (Fsp3) is 0.522. The Hall–Kier alpha value is -5.74. The van der Waals surface area contributed by atoms with E-state index in [9.17, 15) is 19.2 Å². The molecule has 4 unspecified atom stereocenters. The molecule has 16 heteroatoms. The normalized spacial score (nSPS) is 33.7. The summed E-state index contributed by atoms with van der Waals surface area (Å²) in [6.07, 6.45) is 6.15. The maximum Gasteiger partial charge on any atom is 0.407 e. The van der Waals surface area contributed by atoms with Crippen molar-refractivity contribution >= 4 is 24.0 Å². The Morgan fingerprint density at radius 2 is 0.968 bits per heavy atom. The van der Waals surface area contributed by atoms with E-state index in [0.717, 1.165) is 71.0 Å². The minimum Gasteiger partial charge on any atom is -0.453 e. The Morgan fingerprint density at radius 1 is 0.597 bits per heavy atom. The third-order valence-electron chi connectivity index (χ3n) is 15.5. The van der Waals surface area contributed by atoms with Gasteiger partial charge in [0, 0.05) is 12.1 Å². The number of nitrogens with zero attached hydrogens (tertiary/aromatic N) is 4. The van der Waals surface area contributed by atoms with Crippen molar-refractivity contribution in [2.75, 3.05) is 40.6 Å². The van der Waals surface area contributed by atoms with Crippen LogP contribution in [0.4, 0.5) is 9.59 Å². The minimum atomic E-state index is -0.637. The third kappa shape index (κ3) is 6.30. The number of aromatic nitrogens is 4. The lowest BCUT2D eigenvalue weighted by Gasteiger charge is -2.31. The van der Waals surface area contributed by atoms with Crippen LogP contribution in [0.1, 0.15) is 49.4 Å². The Kier molecular flexibility index (Phi) is 8.83. The molecule has 0 bridgehead atoms. The van der Waals surface area contributed by atoms with Gasteiger partial charge in [-0.1, -0.05) is 48.5 Å². The summed E-state index contributed by atoms with van der Waals surface area (Å²) >= 11 is 0. The summed E-state index contributed by atoms with van der Waals surface area (Å²) < 4.78 is 21.0. The van der Waals surface area contributed by atoms with Crippen LogP contribution < -0.4 is 10.6 Å². The average Bonchev–Trinajstić information content (AvgIpc) is 4.14. The highest BCUT2D eigenvalue weighted by molar-refractivity contribution is 5.89. The topological polar surface area (TPSA) is 193 Å². The number of hydrogen-bond acceptors (Lipinski definition) is 10. The molecule has 8 aliphatic rings. The highest BCUT2D eigenvalue weighted by Crippen LogP contribution is 2.58. The van der Waals surface area contributed by atoms with Crippen LogP contribution in [0.5, 0.6) is 0 Å². The molecule has 12 rings (SSSR count). The van der Waals surface area contributed by atoms with Crippen LogP contribution in [0.25, 0.3) is 33.6 Å². The molecule has 4 saturated heterocycles. The number of carbonyl (C=O) groups is 4. The number of rotatable bonds is 11. The van der Waals surface area contributed by atoms with E-state index in [0.29, 0.717) is 61.9 Å². The lowest BCUT2D eigenvalue weighted by Crippen LogP contribution is -2.51. The maximum atomic E-state index is 14.2. The van der Waals surface area contributed by atoms with Crippen molar-refractivity contribution in [2.24, 2.45) is 47.3 Å². The summed E-state index contributed by atoms with van der Waals surface area (Å²) in [6.45, 7) is 2.50. The van der Waals surface area contributed by atoms with Crippen LogP contribution in [0.15, 0.2) is 60.9 Å². The molecule has 0 spiro atoms. The number of piperidine rings is 2. The number of ether oxygens (including phenoxy) is 4. The van der Waals surface area contributed by atoms with Crippen LogP contribution >= 0.6 is 0 Å². The molecule has 4 aliphatic heterocycles. The van der Waals surface area contributed by atoms with Crippen LogP contribution in [-0.2, 0) is 28.5 Å². The van der Waals surface area contributed by atoms with Gasteiger partial charge in [-0.3, -0.25) is 9.59 Å². The zero-order valence-electron chi connectivity index (χ0n) is 34.6. The molecule has 62 heavy (non-hydrogen) atoms. The summed E-state index contributed by atoms with van der Waals surface area (Å²) in [5.41, 5.74) is 5.87. The molecular formula is C46H50N8O8. The lowest BCUT2D eigenvalue weighted by molar-refractivity contribution is -0.137. The number of carbonyl (C=O) groups excluding carboxylic acids is 4. The van der Waals surface area contributed by atoms with Gasteiger partial charge >= 0.3 is 12.2 Å². The summed E-state index contributed by atoms with van der Waals surface area (Å²) in [7, 11) is 2.65. The van der Waals surface area contributed by atoms with Gasteiger partial charge < -0.3 is 49.3 Å². The Balaban J connectivity index is 0.715. The first kappa shape index (κ1) is 38.0. The summed E-state index contributed by atoms with van der Waals surface area (Å²) in [4.78, 5) is 73.8. The van der Waals surface area contributed by atoms with E-state index in [1.54, 1.807) is 0 Å². The number of amides is 4. The fourth-order valence-electron chi connectivity index (χ4n) is 11.9. The van der Waals surface area contributed by atoms with Crippen molar-refractivity contribution in [3.8, 4) is 33.6 Å². The fourth-order valence-corrected chi connectivity index (χ4v) is 11.9. The average molecular weight is 843 g/mol. The summed E-state index contributed by atoms with van der Waals surface area (Å²) in [6, 6.07) is 15.4. The first-order chi connectivity index (χ1) is 30.3. The van der Waals surface area contributed by atoms with Gasteiger partial charge in [0.1, 0.15) is 23.7 Å². The third-order valence-corrected chi connectivity index (χ3v) is 15.5. The highest BCUT2D eigenvalue weighted by Gasteiger charge is 2.64. The number of hydrogen-bond donors (Lipinski definition) is 4. The van der Waals surface area contributed by atoms with Gasteiger partial charge in [-0.15, -0.1) is 0 Å². The van der Waals surface area contributed by atoms with Crippen molar-refractivity contribution in [3.05, 3.63) is 72.6 Å². The molecule has 322 valence electrons. The molecule has 14 atom stereocenters. The molecule has 4 aromatic rings.